The molecule has 1 saturated carbocycles. The molecule has 4 heteroatoms. The van der Waals surface area contributed by atoms with E-state index in [1.807, 2.05) is 0 Å². The maximum atomic E-state index is 11.4. The van der Waals surface area contributed by atoms with Gasteiger partial charge < -0.3 is 15.5 Å². The van der Waals surface area contributed by atoms with E-state index in [4.69, 9.17) is 0 Å². The third-order valence-corrected chi connectivity index (χ3v) is 3.08. The van der Waals surface area contributed by atoms with Gasteiger partial charge in [-0.25, -0.2) is 0 Å². The number of amides is 1. The molecule has 15 heavy (non-hydrogen) atoms. The van der Waals surface area contributed by atoms with E-state index < -0.39 is 0 Å². The molecule has 2 unspecified atom stereocenters. The van der Waals surface area contributed by atoms with Crippen LogP contribution >= 0.6 is 0 Å². The second-order valence-corrected chi connectivity index (χ2v) is 4.58. The average Bonchev–Trinajstić information content (AvgIpc) is 2.18. The van der Waals surface area contributed by atoms with Gasteiger partial charge in [0.25, 0.3) is 0 Å². The fraction of sp³-hybridized carbons (Fsp3) is 0.909. The third-order valence-electron chi connectivity index (χ3n) is 3.08. The molecule has 0 bridgehead atoms. The van der Waals surface area contributed by atoms with Crippen LogP contribution in [0.1, 0.15) is 25.7 Å². The van der Waals surface area contributed by atoms with E-state index in [2.05, 4.69) is 29.6 Å². The average molecular weight is 213 g/mol. The largest absolute Gasteiger partial charge is 0.352 e. The molecule has 1 aliphatic carbocycles. The Hall–Kier alpha value is -0.610. The van der Waals surface area contributed by atoms with Gasteiger partial charge >= 0.3 is 0 Å². The molecule has 0 aromatic heterocycles. The first kappa shape index (κ1) is 12.5. The summed E-state index contributed by atoms with van der Waals surface area (Å²) in [5.74, 6) is 0.113. The Morgan fingerprint density at radius 2 is 2.13 bits per heavy atom. The Kier molecular flexibility index (Phi) is 5.05. The normalized spacial score (nSPS) is 26.7. The molecule has 4 nitrogen and oxygen atoms in total. The zero-order valence-electron chi connectivity index (χ0n) is 10.0. The molecule has 2 N–H and O–H groups in total. The maximum absolute atomic E-state index is 11.4. The van der Waals surface area contributed by atoms with E-state index in [-0.39, 0.29) is 5.91 Å². The monoisotopic (exact) mass is 213 g/mol. The van der Waals surface area contributed by atoms with Gasteiger partial charge in [-0.15, -0.1) is 0 Å². The summed E-state index contributed by atoms with van der Waals surface area (Å²) in [4.78, 5) is 13.7. The van der Waals surface area contributed by atoms with Crippen LogP contribution in [0.15, 0.2) is 0 Å². The summed E-state index contributed by atoms with van der Waals surface area (Å²) in [7, 11) is 6.02. The summed E-state index contributed by atoms with van der Waals surface area (Å²) in [5.41, 5.74) is 0. The fourth-order valence-electron chi connectivity index (χ4n) is 2.20. The molecule has 88 valence electrons. The standard InChI is InChI=1S/C11H23N3O/c1-12-8-11(15)13-9-5-4-6-10(7-9)14(2)3/h9-10,12H,4-8H2,1-3H3,(H,13,15). The number of likely N-dealkylation sites (N-methyl/N-ethyl adjacent to an activating group) is 1. The topological polar surface area (TPSA) is 44.4 Å². The summed E-state index contributed by atoms with van der Waals surface area (Å²) in [5, 5.41) is 5.95. The molecular formula is C11H23N3O. The molecule has 0 saturated heterocycles. The van der Waals surface area contributed by atoms with Crippen molar-refractivity contribution in [2.75, 3.05) is 27.7 Å². The van der Waals surface area contributed by atoms with Gasteiger partial charge in [-0.2, -0.15) is 0 Å². The molecule has 1 fully saturated rings. The second-order valence-electron chi connectivity index (χ2n) is 4.58. The minimum Gasteiger partial charge on any atom is -0.352 e. The smallest absolute Gasteiger partial charge is 0.234 e. The fourth-order valence-corrected chi connectivity index (χ4v) is 2.20. The van der Waals surface area contributed by atoms with Gasteiger partial charge in [0, 0.05) is 12.1 Å². The zero-order chi connectivity index (χ0) is 11.3. The number of carbonyl (C=O) groups excluding carboxylic acids is 1. The molecule has 0 spiro atoms. The Morgan fingerprint density at radius 3 is 2.73 bits per heavy atom. The Balaban J connectivity index is 2.33. The van der Waals surface area contributed by atoms with Crippen LogP contribution in [0.25, 0.3) is 0 Å². The molecule has 1 amide bonds. The molecule has 0 heterocycles. The lowest BCUT2D eigenvalue weighted by Gasteiger charge is -2.33. The van der Waals surface area contributed by atoms with E-state index in [0.717, 1.165) is 12.8 Å². The van der Waals surface area contributed by atoms with Crippen molar-refractivity contribution in [2.45, 2.75) is 37.8 Å². The Bertz CT molecular complexity index is 206. The Labute approximate surface area is 92.4 Å². The number of nitrogens with one attached hydrogen (secondary N) is 2. The van der Waals surface area contributed by atoms with E-state index >= 15 is 0 Å². The molecule has 0 radical (unpaired) electrons. The molecule has 0 aliphatic heterocycles. The molecule has 1 aliphatic rings. The summed E-state index contributed by atoms with van der Waals surface area (Å²) >= 11 is 0. The van der Waals surface area contributed by atoms with E-state index in [9.17, 15) is 4.79 Å². The third kappa shape index (κ3) is 4.18. The highest BCUT2D eigenvalue weighted by molar-refractivity contribution is 5.78. The van der Waals surface area contributed by atoms with Crippen LogP contribution in [0.4, 0.5) is 0 Å². The van der Waals surface area contributed by atoms with Crippen LogP contribution in [-0.2, 0) is 4.79 Å². The van der Waals surface area contributed by atoms with E-state index in [0.29, 0.717) is 18.6 Å². The lowest BCUT2D eigenvalue weighted by molar-refractivity contribution is -0.121. The molecule has 1 rings (SSSR count). The lowest BCUT2D eigenvalue weighted by atomic mass is 9.90. The predicted molar refractivity (Wildman–Crippen MR) is 61.8 cm³/mol. The van der Waals surface area contributed by atoms with Gasteiger partial charge in [0.05, 0.1) is 6.54 Å². The first-order valence-corrected chi connectivity index (χ1v) is 5.74. The lowest BCUT2D eigenvalue weighted by Crippen LogP contribution is -2.45. The predicted octanol–water partition coefficient (Wildman–Crippen LogP) is 0.195. The minimum atomic E-state index is 0.113. The Morgan fingerprint density at radius 1 is 1.40 bits per heavy atom. The summed E-state index contributed by atoms with van der Waals surface area (Å²) in [6.45, 7) is 0.420. The van der Waals surface area contributed by atoms with E-state index in [1.54, 1.807) is 7.05 Å². The van der Waals surface area contributed by atoms with Crippen molar-refractivity contribution in [1.82, 2.24) is 15.5 Å². The van der Waals surface area contributed by atoms with Crippen LogP contribution in [-0.4, -0.2) is 50.6 Å². The highest BCUT2D eigenvalue weighted by Crippen LogP contribution is 2.21. The van der Waals surface area contributed by atoms with Crippen molar-refractivity contribution in [1.29, 1.82) is 0 Å². The van der Waals surface area contributed by atoms with Gasteiger partial charge in [0.1, 0.15) is 0 Å². The number of nitrogens with zero attached hydrogens (tertiary/aromatic N) is 1. The highest BCUT2D eigenvalue weighted by atomic mass is 16.1. The quantitative estimate of drug-likeness (QED) is 0.701. The van der Waals surface area contributed by atoms with Crippen LogP contribution in [0.5, 0.6) is 0 Å². The van der Waals surface area contributed by atoms with Crippen molar-refractivity contribution < 1.29 is 4.79 Å². The molecule has 2 atom stereocenters. The number of carbonyl (C=O) groups is 1. The number of hydrogen-bond acceptors (Lipinski definition) is 3. The summed E-state index contributed by atoms with van der Waals surface area (Å²) in [6.07, 6.45) is 4.68. The van der Waals surface area contributed by atoms with Crippen molar-refractivity contribution >= 4 is 5.91 Å². The molecule has 0 aromatic carbocycles. The molecule has 0 aromatic rings. The zero-order valence-corrected chi connectivity index (χ0v) is 10.0. The summed E-state index contributed by atoms with van der Waals surface area (Å²) < 4.78 is 0. The van der Waals surface area contributed by atoms with Crippen molar-refractivity contribution in [3.63, 3.8) is 0 Å². The minimum absolute atomic E-state index is 0.113. The van der Waals surface area contributed by atoms with Crippen LogP contribution in [0.3, 0.4) is 0 Å². The maximum Gasteiger partial charge on any atom is 0.234 e. The first-order chi connectivity index (χ1) is 7.13. The van der Waals surface area contributed by atoms with E-state index in [1.165, 1.54) is 12.8 Å². The second kappa shape index (κ2) is 6.08. The van der Waals surface area contributed by atoms with Crippen molar-refractivity contribution in [3.8, 4) is 0 Å². The van der Waals surface area contributed by atoms with Crippen LogP contribution in [0.2, 0.25) is 0 Å². The van der Waals surface area contributed by atoms with Gasteiger partial charge in [0.2, 0.25) is 5.91 Å². The summed E-state index contributed by atoms with van der Waals surface area (Å²) in [6, 6.07) is 0.991. The number of rotatable bonds is 4. The van der Waals surface area contributed by atoms with Crippen molar-refractivity contribution in [2.24, 2.45) is 0 Å². The van der Waals surface area contributed by atoms with Crippen LogP contribution < -0.4 is 10.6 Å². The van der Waals surface area contributed by atoms with Crippen molar-refractivity contribution in [3.05, 3.63) is 0 Å². The van der Waals surface area contributed by atoms with Gasteiger partial charge in [-0.05, 0) is 46.8 Å². The highest BCUT2D eigenvalue weighted by Gasteiger charge is 2.23. The molecular weight excluding hydrogens is 190 g/mol. The number of hydrogen-bond donors (Lipinski definition) is 2. The van der Waals surface area contributed by atoms with Gasteiger partial charge in [-0.1, -0.05) is 0 Å². The van der Waals surface area contributed by atoms with Gasteiger partial charge in [0.15, 0.2) is 0 Å². The van der Waals surface area contributed by atoms with Crippen LogP contribution in [0, 0.1) is 0 Å². The van der Waals surface area contributed by atoms with Gasteiger partial charge in [-0.3, -0.25) is 4.79 Å². The SMILES string of the molecule is CNCC(=O)NC1CCCC(N(C)C)C1. The first-order valence-electron chi connectivity index (χ1n) is 5.74.